The fraction of sp³-hybridized carbons (Fsp3) is 0. The van der Waals surface area contributed by atoms with Crippen LogP contribution in [0.4, 0.5) is 8.78 Å². The molecule has 2 heterocycles. The quantitative estimate of drug-likeness (QED) is 0.665. The molecule has 0 saturated heterocycles. The number of nitrogens with zero attached hydrogens (tertiary/aromatic N) is 1. The highest BCUT2D eigenvalue weighted by molar-refractivity contribution is 5.86. The number of halogens is 2. The van der Waals surface area contributed by atoms with Crippen molar-refractivity contribution in [1.82, 2.24) is 20.2 Å². The van der Waals surface area contributed by atoms with Gasteiger partial charge in [0, 0.05) is 0 Å². The molecule has 0 bridgehead atoms. The molecule has 2 aromatic heterocycles. The zero-order valence-corrected chi connectivity index (χ0v) is 10.4. The van der Waals surface area contributed by atoms with Crippen molar-refractivity contribution in [2.45, 2.75) is 0 Å². The van der Waals surface area contributed by atoms with Gasteiger partial charge in [0.05, 0.1) is 5.69 Å². The van der Waals surface area contributed by atoms with Crippen molar-refractivity contribution < 1.29 is 8.78 Å². The summed E-state index contributed by atoms with van der Waals surface area (Å²) in [6.07, 6.45) is 2.97. The van der Waals surface area contributed by atoms with Crippen molar-refractivity contribution in [3.05, 3.63) is 61.9 Å². The molecule has 0 aliphatic carbocycles. The highest BCUT2D eigenvalue weighted by Crippen LogP contribution is 2.14. The van der Waals surface area contributed by atoms with Crippen LogP contribution in [0.2, 0.25) is 0 Å². The minimum Gasteiger partial charge on any atom is -0.290 e. The van der Waals surface area contributed by atoms with E-state index in [-0.39, 0.29) is 11.0 Å². The van der Waals surface area contributed by atoms with Gasteiger partial charge >= 0.3 is 5.69 Å². The van der Waals surface area contributed by atoms with Gasteiger partial charge in [-0.25, -0.2) is 13.6 Å². The van der Waals surface area contributed by atoms with E-state index in [0.717, 1.165) is 12.1 Å². The molecule has 0 atom stereocenters. The summed E-state index contributed by atoms with van der Waals surface area (Å²) >= 11 is 0. The minimum absolute atomic E-state index is 0.119. The predicted octanol–water partition coefficient (Wildman–Crippen LogP) is 1.39. The molecular formula is C13H8F2N4O2. The zero-order valence-electron chi connectivity index (χ0n) is 10.4. The molecule has 3 aromatic rings. The number of hydrogen-bond acceptors (Lipinski definition) is 3. The van der Waals surface area contributed by atoms with Crippen LogP contribution in [0.5, 0.6) is 0 Å². The van der Waals surface area contributed by atoms with Crippen LogP contribution in [-0.2, 0) is 0 Å². The van der Waals surface area contributed by atoms with Crippen molar-refractivity contribution in [2.24, 2.45) is 0 Å². The third-order valence-electron chi connectivity index (χ3n) is 2.87. The third-order valence-corrected chi connectivity index (χ3v) is 2.87. The van der Waals surface area contributed by atoms with E-state index in [9.17, 15) is 18.4 Å². The van der Waals surface area contributed by atoms with Gasteiger partial charge < -0.3 is 0 Å². The zero-order chi connectivity index (χ0) is 15.0. The van der Waals surface area contributed by atoms with E-state index in [2.05, 4.69) is 20.2 Å². The Bertz CT molecular complexity index is 968. The molecule has 106 valence electrons. The Hall–Kier alpha value is -3.03. The average Bonchev–Trinajstić information content (AvgIpc) is 2.83. The molecule has 0 amide bonds. The normalized spacial score (nSPS) is 11.5. The predicted molar refractivity (Wildman–Crippen MR) is 72.6 cm³/mol. The van der Waals surface area contributed by atoms with Gasteiger partial charge in [0.2, 0.25) is 0 Å². The molecule has 0 aliphatic rings. The van der Waals surface area contributed by atoms with Crippen LogP contribution in [0.25, 0.3) is 23.2 Å². The molecule has 0 spiro atoms. The molecule has 21 heavy (non-hydrogen) atoms. The van der Waals surface area contributed by atoms with Crippen molar-refractivity contribution in [3.8, 4) is 0 Å². The van der Waals surface area contributed by atoms with E-state index in [0.29, 0.717) is 11.3 Å². The van der Waals surface area contributed by atoms with Gasteiger partial charge in [0.25, 0.3) is 5.56 Å². The number of aromatic nitrogens is 4. The van der Waals surface area contributed by atoms with E-state index >= 15 is 0 Å². The molecule has 3 rings (SSSR count). The third kappa shape index (κ3) is 2.38. The Morgan fingerprint density at radius 1 is 1.05 bits per heavy atom. The van der Waals surface area contributed by atoms with Crippen LogP contribution < -0.4 is 11.2 Å². The van der Waals surface area contributed by atoms with E-state index in [1.54, 1.807) is 0 Å². The van der Waals surface area contributed by atoms with Crippen molar-refractivity contribution in [3.63, 3.8) is 0 Å². The van der Waals surface area contributed by atoms with E-state index in [1.807, 2.05) is 0 Å². The van der Waals surface area contributed by atoms with Crippen LogP contribution in [0.15, 0.2) is 27.8 Å². The topological polar surface area (TPSA) is 94.4 Å². The van der Waals surface area contributed by atoms with Crippen molar-refractivity contribution >= 4 is 23.2 Å². The Morgan fingerprint density at radius 2 is 1.86 bits per heavy atom. The first-order valence-electron chi connectivity index (χ1n) is 5.88. The largest absolute Gasteiger partial charge is 0.327 e. The number of H-pyrrole nitrogens is 3. The van der Waals surface area contributed by atoms with Gasteiger partial charge in [-0.15, -0.1) is 0 Å². The van der Waals surface area contributed by atoms with Crippen LogP contribution >= 0.6 is 0 Å². The highest BCUT2D eigenvalue weighted by Gasteiger charge is 2.08. The summed E-state index contributed by atoms with van der Waals surface area (Å²) in [4.78, 5) is 27.3. The molecule has 8 heteroatoms. The fourth-order valence-electron chi connectivity index (χ4n) is 1.90. The van der Waals surface area contributed by atoms with Crippen molar-refractivity contribution in [2.75, 3.05) is 0 Å². The summed E-state index contributed by atoms with van der Waals surface area (Å²) in [6, 6.07) is 3.42. The lowest BCUT2D eigenvalue weighted by atomic mass is 10.2. The minimum atomic E-state index is -0.964. The van der Waals surface area contributed by atoms with Crippen LogP contribution in [0, 0.1) is 11.6 Å². The number of rotatable bonds is 2. The van der Waals surface area contributed by atoms with Crippen LogP contribution in [0.1, 0.15) is 11.3 Å². The fourth-order valence-corrected chi connectivity index (χ4v) is 1.90. The molecule has 6 nitrogen and oxygen atoms in total. The summed E-state index contributed by atoms with van der Waals surface area (Å²) in [5.41, 5.74) is -0.374. The Kier molecular flexibility index (Phi) is 2.98. The SMILES string of the molecule is O=c1[nH]c(=O)c2c(/C=C/c3ccc(F)c(F)c3)[nH]nc2[nH]1. The lowest BCUT2D eigenvalue weighted by Crippen LogP contribution is -2.21. The standard InChI is InChI=1S/C13H8F2N4O2/c14-7-3-1-6(5-8(7)15)2-4-9-10-11(19-18-9)16-13(21)17-12(10)20/h1-5H,(H3,16,17,18,19,20,21)/b4-2+. The monoisotopic (exact) mass is 290 g/mol. The van der Waals surface area contributed by atoms with Crippen LogP contribution in [-0.4, -0.2) is 20.2 Å². The first-order chi connectivity index (χ1) is 10.0. The Balaban J connectivity index is 2.05. The second kappa shape index (κ2) is 4.82. The maximum Gasteiger partial charge on any atom is 0.327 e. The first-order valence-corrected chi connectivity index (χ1v) is 5.88. The maximum atomic E-state index is 13.1. The second-order valence-corrected chi connectivity index (χ2v) is 4.28. The molecule has 0 saturated carbocycles. The summed E-state index contributed by atoms with van der Waals surface area (Å²) in [6.45, 7) is 0. The first kappa shape index (κ1) is 13.0. The summed E-state index contributed by atoms with van der Waals surface area (Å²) < 4.78 is 25.9. The molecular weight excluding hydrogens is 282 g/mol. The van der Waals surface area contributed by atoms with Gasteiger partial charge in [-0.1, -0.05) is 12.1 Å². The Labute approximate surface area is 115 Å². The van der Waals surface area contributed by atoms with Gasteiger partial charge in [-0.05, 0) is 23.8 Å². The smallest absolute Gasteiger partial charge is 0.290 e. The van der Waals surface area contributed by atoms with E-state index in [4.69, 9.17) is 0 Å². The van der Waals surface area contributed by atoms with Gasteiger partial charge in [0.1, 0.15) is 5.39 Å². The van der Waals surface area contributed by atoms with E-state index < -0.39 is 22.9 Å². The molecule has 0 unspecified atom stereocenters. The molecule has 0 fully saturated rings. The van der Waals surface area contributed by atoms with Crippen LogP contribution in [0.3, 0.4) is 0 Å². The van der Waals surface area contributed by atoms with Gasteiger partial charge in [-0.3, -0.25) is 19.9 Å². The maximum absolute atomic E-state index is 13.1. The summed E-state index contributed by atoms with van der Waals surface area (Å²) in [5, 5.41) is 6.56. The number of nitrogens with one attached hydrogen (secondary N) is 3. The Morgan fingerprint density at radius 3 is 2.62 bits per heavy atom. The summed E-state index contributed by atoms with van der Waals surface area (Å²) in [5.74, 6) is -1.90. The van der Waals surface area contributed by atoms with Gasteiger partial charge in [0.15, 0.2) is 17.3 Å². The summed E-state index contributed by atoms with van der Waals surface area (Å²) in [7, 11) is 0. The molecule has 0 aliphatic heterocycles. The number of fused-ring (bicyclic) bond motifs is 1. The van der Waals surface area contributed by atoms with E-state index in [1.165, 1.54) is 18.2 Å². The molecule has 3 N–H and O–H groups in total. The molecule has 0 radical (unpaired) electrons. The average molecular weight is 290 g/mol. The number of aromatic amines is 3. The number of benzene rings is 1. The van der Waals surface area contributed by atoms with Gasteiger partial charge in [-0.2, -0.15) is 5.10 Å². The number of hydrogen-bond donors (Lipinski definition) is 3. The lowest BCUT2D eigenvalue weighted by molar-refractivity contribution is 0.508. The molecule has 1 aromatic carbocycles. The van der Waals surface area contributed by atoms with Crippen molar-refractivity contribution in [1.29, 1.82) is 0 Å². The highest BCUT2D eigenvalue weighted by atomic mass is 19.2. The lowest BCUT2D eigenvalue weighted by Gasteiger charge is -1.95. The second-order valence-electron chi connectivity index (χ2n) is 4.28.